The molecule has 0 spiro atoms. The first-order valence-corrected chi connectivity index (χ1v) is 10.6. The highest BCUT2D eigenvalue weighted by atomic mass is 16.4. The number of benzene rings is 3. The first-order valence-electron chi connectivity index (χ1n) is 10.6. The zero-order valence-corrected chi connectivity index (χ0v) is 17.8. The molecular formula is C27H30O3. The van der Waals surface area contributed by atoms with E-state index in [1.807, 2.05) is 6.07 Å². The fraction of sp³-hybridized carbons (Fsp3) is 0.296. The van der Waals surface area contributed by atoms with E-state index >= 15 is 0 Å². The summed E-state index contributed by atoms with van der Waals surface area (Å²) in [5, 5.41) is 18.4. The summed E-state index contributed by atoms with van der Waals surface area (Å²) in [7, 11) is 0. The van der Waals surface area contributed by atoms with Crippen molar-refractivity contribution in [3.05, 3.63) is 94.5 Å². The van der Waals surface area contributed by atoms with Gasteiger partial charge in [-0.3, -0.25) is 4.79 Å². The van der Waals surface area contributed by atoms with Crippen LogP contribution in [0.2, 0.25) is 0 Å². The Balaban J connectivity index is 1.72. The molecule has 3 rings (SSSR count). The molecule has 0 aliphatic carbocycles. The third-order valence-electron chi connectivity index (χ3n) is 5.96. The number of rotatable bonds is 9. The molecule has 0 radical (unpaired) electrons. The summed E-state index contributed by atoms with van der Waals surface area (Å²) in [4.78, 5) is 11.1. The summed E-state index contributed by atoms with van der Waals surface area (Å²) >= 11 is 0. The average molecular weight is 403 g/mol. The van der Waals surface area contributed by atoms with Crippen LogP contribution in [0.3, 0.4) is 0 Å². The van der Waals surface area contributed by atoms with E-state index in [1.54, 1.807) is 0 Å². The van der Waals surface area contributed by atoms with Gasteiger partial charge in [0.2, 0.25) is 0 Å². The lowest BCUT2D eigenvalue weighted by atomic mass is 9.91. The van der Waals surface area contributed by atoms with Gasteiger partial charge in [-0.2, -0.15) is 0 Å². The Morgan fingerprint density at radius 1 is 0.867 bits per heavy atom. The van der Waals surface area contributed by atoms with Gasteiger partial charge in [-0.1, -0.05) is 66.7 Å². The molecule has 1 atom stereocenters. The second-order valence-electron chi connectivity index (χ2n) is 7.97. The lowest BCUT2D eigenvalue weighted by molar-refractivity contribution is -0.143. The summed E-state index contributed by atoms with van der Waals surface area (Å²) in [5.74, 6) is -1.63. The van der Waals surface area contributed by atoms with E-state index in [-0.39, 0.29) is 6.61 Å². The topological polar surface area (TPSA) is 57.5 Å². The quantitative estimate of drug-likeness (QED) is 0.505. The fourth-order valence-corrected chi connectivity index (χ4v) is 3.94. The molecule has 1 unspecified atom stereocenters. The Morgan fingerprint density at radius 3 is 2.30 bits per heavy atom. The minimum Gasteiger partial charge on any atom is -0.481 e. The summed E-state index contributed by atoms with van der Waals surface area (Å²) in [6.07, 6.45) is 3.02. The van der Waals surface area contributed by atoms with E-state index in [1.165, 1.54) is 33.4 Å². The van der Waals surface area contributed by atoms with Crippen LogP contribution in [0, 0.1) is 19.8 Å². The average Bonchev–Trinajstić information content (AvgIpc) is 2.75. The predicted octanol–water partition coefficient (Wildman–Crippen LogP) is 5.38. The summed E-state index contributed by atoms with van der Waals surface area (Å²) in [5.41, 5.74) is 8.89. The number of aliphatic hydroxyl groups excluding tert-OH is 1. The van der Waals surface area contributed by atoms with Crippen molar-refractivity contribution >= 4 is 5.97 Å². The van der Waals surface area contributed by atoms with E-state index in [9.17, 15) is 9.90 Å². The van der Waals surface area contributed by atoms with Gasteiger partial charge in [0.25, 0.3) is 0 Å². The molecule has 0 saturated carbocycles. The summed E-state index contributed by atoms with van der Waals surface area (Å²) in [6, 6.07) is 23.4. The standard InChI is InChI=1S/C27H30O3/c1-19-11-12-21(13-14-25(18-28)27(29)30)17-24(19)16-15-22-9-6-10-26(20(22)2)23-7-4-3-5-8-23/h3-12,17,25,28H,13-16,18H2,1-2H3,(H,29,30). The predicted molar refractivity (Wildman–Crippen MR) is 122 cm³/mol. The highest BCUT2D eigenvalue weighted by molar-refractivity contribution is 5.70. The molecule has 0 aromatic heterocycles. The van der Waals surface area contributed by atoms with Crippen LogP contribution in [0.1, 0.15) is 34.2 Å². The van der Waals surface area contributed by atoms with Crippen molar-refractivity contribution in [2.45, 2.75) is 39.5 Å². The zero-order valence-electron chi connectivity index (χ0n) is 17.8. The van der Waals surface area contributed by atoms with E-state index in [0.717, 1.165) is 18.4 Å². The number of carboxylic acid groups (broad SMARTS) is 1. The van der Waals surface area contributed by atoms with Crippen LogP contribution in [0.4, 0.5) is 0 Å². The Labute approximate surface area is 179 Å². The molecule has 0 heterocycles. The van der Waals surface area contributed by atoms with Crippen molar-refractivity contribution in [2.75, 3.05) is 6.61 Å². The number of aryl methyl sites for hydroxylation is 4. The molecule has 3 aromatic rings. The summed E-state index contributed by atoms with van der Waals surface area (Å²) in [6.45, 7) is 4.01. The molecule has 156 valence electrons. The van der Waals surface area contributed by atoms with Crippen molar-refractivity contribution in [3.63, 3.8) is 0 Å². The monoisotopic (exact) mass is 402 g/mol. The largest absolute Gasteiger partial charge is 0.481 e. The van der Waals surface area contributed by atoms with Gasteiger partial charge in [0, 0.05) is 0 Å². The van der Waals surface area contributed by atoms with Crippen LogP contribution in [-0.2, 0) is 24.1 Å². The third-order valence-corrected chi connectivity index (χ3v) is 5.96. The fourth-order valence-electron chi connectivity index (χ4n) is 3.94. The Hall–Kier alpha value is -2.91. The van der Waals surface area contributed by atoms with Gasteiger partial charge < -0.3 is 10.2 Å². The zero-order chi connectivity index (χ0) is 21.5. The lowest BCUT2D eigenvalue weighted by Gasteiger charge is -2.14. The first kappa shape index (κ1) is 21.8. The van der Waals surface area contributed by atoms with Crippen molar-refractivity contribution in [1.29, 1.82) is 0 Å². The lowest BCUT2D eigenvalue weighted by Crippen LogP contribution is -2.18. The van der Waals surface area contributed by atoms with Crippen LogP contribution in [0.25, 0.3) is 11.1 Å². The Bertz CT molecular complexity index is 992. The van der Waals surface area contributed by atoms with Gasteiger partial charge in [-0.05, 0) is 78.5 Å². The normalized spacial score (nSPS) is 12.0. The third kappa shape index (κ3) is 5.37. The van der Waals surface area contributed by atoms with E-state index in [4.69, 9.17) is 5.11 Å². The number of aliphatic carboxylic acids is 1. The maximum atomic E-state index is 11.1. The minimum atomic E-state index is -0.932. The highest BCUT2D eigenvalue weighted by Gasteiger charge is 2.16. The molecule has 3 aromatic carbocycles. The molecule has 0 aliphatic rings. The highest BCUT2D eigenvalue weighted by Crippen LogP contribution is 2.27. The number of carbonyl (C=O) groups is 1. The van der Waals surface area contributed by atoms with E-state index in [2.05, 4.69) is 74.5 Å². The van der Waals surface area contributed by atoms with Gasteiger partial charge in [0.05, 0.1) is 12.5 Å². The van der Waals surface area contributed by atoms with Gasteiger partial charge in [-0.25, -0.2) is 0 Å². The number of carboxylic acids is 1. The molecular weight excluding hydrogens is 372 g/mol. The maximum Gasteiger partial charge on any atom is 0.308 e. The van der Waals surface area contributed by atoms with Crippen LogP contribution < -0.4 is 0 Å². The van der Waals surface area contributed by atoms with Crippen LogP contribution in [0.15, 0.2) is 66.7 Å². The number of hydrogen-bond donors (Lipinski definition) is 2. The van der Waals surface area contributed by atoms with Gasteiger partial charge in [0.1, 0.15) is 0 Å². The van der Waals surface area contributed by atoms with Crippen LogP contribution in [-0.4, -0.2) is 22.8 Å². The summed E-state index contributed by atoms with van der Waals surface area (Å²) < 4.78 is 0. The molecule has 0 aliphatic heterocycles. The molecule has 0 amide bonds. The minimum absolute atomic E-state index is 0.314. The van der Waals surface area contributed by atoms with Crippen LogP contribution in [0.5, 0.6) is 0 Å². The van der Waals surface area contributed by atoms with E-state index < -0.39 is 11.9 Å². The van der Waals surface area contributed by atoms with Gasteiger partial charge >= 0.3 is 5.97 Å². The SMILES string of the molecule is Cc1ccc(CCC(CO)C(=O)O)cc1CCc1cccc(-c2ccccc2)c1C. The molecule has 30 heavy (non-hydrogen) atoms. The number of hydrogen-bond acceptors (Lipinski definition) is 2. The second-order valence-corrected chi connectivity index (χ2v) is 7.97. The Kier molecular flexibility index (Phi) is 7.42. The Morgan fingerprint density at radius 2 is 1.60 bits per heavy atom. The molecule has 0 bridgehead atoms. The smallest absolute Gasteiger partial charge is 0.308 e. The molecule has 2 N–H and O–H groups in total. The maximum absolute atomic E-state index is 11.1. The van der Waals surface area contributed by atoms with Crippen LogP contribution >= 0.6 is 0 Å². The molecule has 3 nitrogen and oxygen atoms in total. The molecule has 0 fully saturated rings. The van der Waals surface area contributed by atoms with Crippen molar-refractivity contribution < 1.29 is 15.0 Å². The van der Waals surface area contributed by atoms with Crippen molar-refractivity contribution in [1.82, 2.24) is 0 Å². The van der Waals surface area contributed by atoms with E-state index in [0.29, 0.717) is 12.8 Å². The van der Waals surface area contributed by atoms with Gasteiger partial charge in [-0.15, -0.1) is 0 Å². The molecule has 0 saturated heterocycles. The van der Waals surface area contributed by atoms with Crippen molar-refractivity contribution in [2.24, 2.45) is 5.92 Å². The second kappa shape index (κ2) is 10.2. The number of aliphatic hydroxyl groups is 1. The molecule has 3 heteroatoms. The van der Waals surface area contributed by atoms with Crippen molar-refractivity contribution in [3.8, 4) is 11.1 Å². The van der Waals surface area contributed by atoms with Gasteiger partial charge in [0.15, 0.2) is 0 Å². The first-order chi connectivity index (χ1) is 14.5.